The van der Waals surface area contributed by atoms with E-state index in [2.05, 4.69) is 10.6 Å². The lowest BCUT2D eigenvalue weighted by atomic mass is 9.98. The van der Waals surface area contributed by atoms with Crippen molar-refractivity contribution in [3.8, 4) is 0 Å². The van der Waals surface area contributed by atoms with Gasteiger partial charge in [0.1, 0.15) is 0 Å². The van der Waals surface area contributed by atoms with Gasteiger partial charge < -0.3 is 20.6 Å². The molecular formula is C15H20N4O5. The van der Waals surface area contributed by atoms with Crippen LogP contribution in [0.3, 0.4) is 0 Å². The number of nitro groups is 1. The maximum absolute atomic E-state index is 12.1. The van der Waals surface area contributed by atoms with Crippen molar-refractivity contribution in [2.75, 3.05) is 25.0 Å². The van der Waals surface area contributed by atoms with Crippen molar-refractivity contribution < 1.29 is 19.6 Å². The molecule has 0 aromatic heterocycles. The number of rotatable bonds is 4. The quantitative estimate of drug-likeness (QED) is 0.557. The molecule has 130 valence electrons. The molecule has 1 aromatic carbocycles. The zero-order valence-corrected chi connectivity index (χ0v) is 13.3. The van der Waals surface area contributed by atoms with Crippen molar-refractivity contribution in [3.63, 3.8) is 0 Å². The molecule has 0 radical (unpaired) electrons. The molecule has 2 atom stereocenters. The van der Waals surface area contributed by atoms with Gasteiger partial charge in [0.05, 0.1) is 17.6 Å². The van der Waals surface area contributed by atoms with E-state index in [4.69, 9.17) is 0 Å². The van der Waals surface area contributed by atoms with Crippen LogP contribution in [0.25, 0.3) is 0 Å². The van der Waals surface area contributed by atoms with E-state index in [1.54, 1.807) is 0 Å². The molecule has 3 N–H and O–H groups in total. The molecule has 3 amide bonds. The Morgan fingerprint density at radius 1 is 1.42 bits per heavy atom. The van der Waals surface area contributed by atoms with Crippen LogP contribution in [0.15, 0.2) is 24.3 Å². The lowest BCUT2D eigenvalue weighted by Gasteiger charge is -2.34. The van der Waals surface area contributed by atoms with Crippen LogP contribution in [-0.4, -0.2) is 52.6 Å². The number of anilines is 1. The summed E-state index contributed by atoms with van der Waals surface area (Å²) >= 11 is 0. The van der Waals surface area contributed by atoms with Crippen LogP contribution >= 0.6 is 0 Å². The molecule has 2 rings (SSSR count). The molecule has 2 unspecified atom stereocenters. The summed E-state index contributed by atoms with van der Waals surface area (Å²) in [6.45, 7) is 2.55. The second-order valence-corrected chi connectivity index (χ2v) is 5.91. The minimum atomic E-state index is -0.630. The lowest BCUT2D eigenvalue weighted by Crippen LogP contribution is -2.49. The van der Waals surface area contributed by atoms with Crippen LogP contribution in [-0.2, 0) is 4.79 Å². The van der Waals surface area contributed by atoms with Crippen LogP contribution in [0.5, 0.6) is 0 Å². The molecule has 1 aliphatic rings. The van der Waals surface area contributed by atoms with Gasteiger partial charge in [0.2, 0.25) is 5.91 Å². The number of nitrogens with zero attached hydrogens (tertiary/aromatic N) is 2. The fourth-order valence-electron chi connectivity index (χ4n) is 2.66. The molecule has 9 nitrogen and oxygen atoms in total. The summed E-state index contributed by atoms with van der Waals surface area (Å²) < 4.78 is 0. The Morgan fingerprint density at radius 3 is 2.83 bits per heavy atom. The Hall–Kier alpha value is -2.68. The van der Waals surface area contributed by atoms with Crippen molar-refractivity contribution >= 4 is 23.3 Å². The summed E-state index contributed by atoms with van der Waals surface area (Å²) in [5.41, 5.74) is 0.122. The van der Waals surface area contributed by atoms with E-state index in [0.29, 0.717) is 13.0 Å². The first kappa shape index (κ1) is 17.7. The van der Waals surface area contributed by atoms with Crippen molar-refractivity contribution in [2.45, 2.75) is 19.4 Å². The van der Waals surface area contributed by atoms with E-state index in [-0.39, 0.29) is 36.3 Å². The molecule has 0 aliphatic carbocycles. The largest absolute Gasteiger partial charge is 0.391 e. The number of carbonyl (C=O) groups excluding carboxylic acids is 2. The van der Waals surface area contributed by atoms with E-state index in [0.717, 1.165) is 0 Å². The number of β-amino-alcohol motifs (C(OH)–C–C–N with tert-alkyl or cyclic N) is 1. The summed E-state index contributed by atoms with van der Waals surface area (Å²) in [7, 11) is 0. The monoisotopic (exact) mass is 336 g/mol. The Balaban J connectivity index is 1.83. The van der Waals surface area contributed by atoms with Gasteiger partial charge in [-0.25, -0.2) is 4.79 Å². The summed E-state index contributed by atoms with van der Waals surface area (Å²) in [5.74, 6) is -0.0776. The molecule has 0 bridgehead atoms. The number of non-ortho nitro benzene ring substituents is 1. The minimum Gasteiger partial charge on any atom is -0.391 e. The third-order valence-corrected chi connectivity index (χ3v) is 3.71. The first-order chi connectivity index (χ1) is 11.3. The molecule has 1 fully saturated rings. The van der Waals surface area contributed by atoms with Gasteiger partial charge in [0, 0.05) is 30.9 Å². The van der Waals surface area contributed by atoms with Crippen LogP contribution < -0.4 is 10.6 Å². The SMILES string of the molecule is CC1CC(O)CN(C(=O)CNC(=O)Nc2cccc([N+](=O)[O-])c2)C1. The fourth-order valence-corrected chi connectivity index (χ4v) is 2.66. The number of aliphatic hydroxyl groups is 1. The number of urea groups is 1. The third kappa shape index (κ3) is 4.92. The molecule has 1 aliphatic heterocycles. The van der Waals surface area contributed by atoms with E-state index in [1.807, 2.05) is 6.92 Å². The molecule has 0 saturated carbocycles. The first-order valence-corrected chi connectivity index (χ1v) is 7.60. The number of nitrogens with one attached hydrogen (secondary N) is 2. The average molecular weight is 336 g/mol. The number of benzene rings is 1. The second kappa shape index (κ2) is 7.73. The van der Waals surface area contributed by atoms with Crippen LogP contribution in [0.4, 0.5) is 16.2 Å². The predicted octanol–water partition coefficient (Wildman–Crippen LogP) is 0.946. The summed E-state index contributed by atoms with van der Waals surface area (Å²) in [6, 6.07) is 4.88. The third-order valence-electron chi connectivity index (χ3n) is 3.71. The topological polar surface area (TPSA) is 125 Å². The van der Waals surface area contributed by atoms with Gasteiger partial charge >= 0.3 is 6.03 Å². The first-order valence-electron chi connectivity index (χ1n) is 7.60. The van der Waals surface area contributed by atoms with Gasteiger partial charge in [-0.05, 0) is 18.4 Å². The van der Waals surface area contributed by atoms with Crippen LogP contribution in [0.2, 0.25) is 0 Å². The number of hydrogen-bond donors (Lipinski definition) is 3. The van der Waals surface area contributed by atoms with E-state index in [9.17, 15) is 24.8 Å². The molecule has 0 spiro atoms. The molecule has 1 aromatic rings. The van der Waals surface area contributed by atoms with Gasteiger partial charge in [-0.2, -0.15) is 0 Å². The Bertz CT molecular complexity index is 626. The number of amides is 3. The highest BCUT2D eigenvalue weighted by Crippen LogP contribution is 2.17. The lowest BCUT2D eigenvalue weighted by molar-refractivity contribution is -0.384. The number of nitro benzene ring substituents is 1. The van der Waals surface area contributed by atoms with Gasteiger partial charge in [-0.1, -0.05) is 13.0 Å². The van der Waals surface area contributed by atoms with Gasteiger partial charge in [-0.15, -0.1) is 0 Å². The molecule has 1 saturated heterocycles. The Labute approximate surface area is 138 Å². The van der Waals surface area contributed by atoms with E-state index in [1.165, 1.54) is 29.2 Å². The number of hydrogen-bond acceptors (Lipinski definition) is 5. The minimum absolute atomic E-state index is 0.139. The maximum Gasteiger partial charge on any atom is 0.319 e. The highest BCUT2D eigenvalue weighted by atomic mass is 16.6. The van der Waals surface area contributed by atoms with Crippen LogP contribution in [0.1, 0.15) is 13.3 Å². The normalized spacial score (nSPS) is 20.3. The zero-order chi connectivity index (χ0) is 17.7. The van der Waals surface area contributed by atoms with E-state index < -0.39 is 17.1 Å². The maximum atomic E-state index is 12.1. The average Bonchev–Trinajstić information content (AvgIpc) is 2.52. The number of piperidine rings is 1. The predicted molar refractivity (Wildman–Crippen MR) is 86.5 cm³/mol. The fraction of sp³-hybridized carbons (Fsp3) is 0.467. The van der Waals surface area contributed by atoms with Crippen LogP contribution in [0, 0.1) is 16.0 Å². The summed E-state index contributed by atoms with van der Waals surface area (Å²) in [6.07, 6.45) is 0.112. The standard InChI is InChI=1S/C15H20N4O5/c1-10-5-13(20)9-18(8-10)14(21)7-16-15(22)17-11-3-2-4-12(6-11)19(23)24/h2-4,6,10,13,20H,5,7-9H2,1H3,(H2,16,17,22). The smallest absolute Gasteiger partial charge is 0.319 e. The van der Waals surface area contributed by atoms with Crippen molar-refractivity contribution in [1.29, 1.82) is 0 Å². The molecular weight excluding hydrogens is 316 g/mol. The number of likely N-dealkylation sites (tertiary alicyclic amines) is 1. The van der Waals surface area contributed by atoms with Crippen molar-refractivity contribution in [2.24, 2.45) is 5.92 Å². The highest BCUT2D eigenvalue weighted by Gasteiger charge is 2.26. The molecule has 1 heterocycles. The summed E-state index contributed by atoms with van der Waals surface area (Å²) in [4.78, 5) is 35.5. The molecule has 9 heteroatoms. The second-order valence-electron chi connectivity index (χ2n) is 5.91. The highest BCUT2D eigenvalue weighted by molar-refractivity contribution is 5.92. The van der Waals surface area contributed by atoms with Gasteiger partial charge in [-0.3, -0.25) is 14.9 Å². The zero-order valence-electron chi connectivity index (χ0n) is 13.3. The Morgan fingerprint density at radius 2 is 2.17 bits per heavy atom. The summed E-state index contributed by atoms with van der Waals surface area (Å²) in [5, 5.41) is 25.2. The number of aliphatic hydroxyl groups excluding tert-OH is 1. The van der Waals surface area contributed by atoms with E-state index >= 15 is 0 Å². The van der Waals surface area contributed by atoms with Gasteiger partial charge in [0.25, 0.3) is 5.69 Å². The number of carbonyl (C=O) groups is 2. The Kier molecular flexibility index (Phi) is 5.69. The van der Waals surface area contributed by atoms with Crippen molar-refractivity contribution in [3.05, 3.63) is 34.4 Å². The van der Waals surface area contributed by atoms with Crippen molar-refractivity contribution in [1.82, 2.24) is 10.2 Å². The van der Waals surface area contributed by atoms with Gasteiger partial charge in [0.15, 0.2) is 0 Å². The molecule has 24 heavy (non-hydrogen) atoms.